The fraction of sp³-hybridized carbons (Fsp3) is 0.873. The molecule has 2 atom stereocenters. The van der Waals surface area contributed by atoms with Crippen LogP contribution < -0.4 is 5.32 Å². The third-order valence-electron chi connectivity index (χ3n) is 17.8. The molecule has 6 heteroatoms. The van der Waals surface area contributed by atoms with Gasteiger partial charge in [-0.2, -0.15) is 0 Å². The van der Waals surface area contributed by atoms with Gasteiger partial charge in [0.25, 0.3) is 0 Å². The zero-order valence-electron chi connectivity index (χ0n) is 57.4. The smallest absolute Gasteiger partial charge is 0.305 e. The van der Waals surface area contributed by atoms with E-state index in [2.05, 4.69) is 55.6 Å². The van der Waals surface area contributed by atoms with E-state index in [4.69, 9.17) is 4.74 Å². The molecule has 0 spiro atoms. The van der Waals surface area contributed by atoms with Crippen molar-refractivity contribution in [2.75, 3.05) is 13.2 Å². The Balaban J connectivity index is 3.40. The fourth-order valence-electron chi connectivity index (χ4n) is 12.0. The van der Waals surface area contributed by atoms with E-state index in [1.54, 1.807) is 6.08 Å². The SMILES string of the molecule is CCCCCCCC/C=C\CCCCCCCC(=O)OCCCCCCCCCCC/C=C\C/C=C\CCCCCCCCCCCCCCCCCCCC(=O)NC(CO)C(O)/C=C/CCCCCCCCCCCCCCCCCCCC. The van der Waals surface area contributed by atoms with E-state index in [0.717, 1.165) is 51.4 Å². The molecule has 0 heterocycles. The number of hydrogen-bond acceptors (Lipinski definition) is 5. The van der Waals surface area contributed by atoms with Gasteiger partial charge < -0.3 is 20.3 Å². The summed E-state index contributed by atoms with van der Waals surface area (Å²) in [6.07, 6.45) is 97.9. The van der Waals surface area contributed by atoms with Gasteiger partial charge in [0.15, 0.2) is 0 Å². The second-order valence-electron chi connectivity index (χ2n) is 26.3. The molecule has 0 saturated heterocycles. The zero-order chi connectivity index (χ0) is 61.3. The number of carbonyl (C=O) groups is 2. The lowest BCUT2D eigenvalue weighted by Gasteiger charge is -2.20. The first-order valence-electron chi connectivity index (χ1n) is 38.4. The molecule has 0 aromatic rings. The molecule has 2 unspecified atom stereocenters. The quantitative estimate of drug-likeness (QED) is 0.0320. The first kappa shape index (κ1) is 82.8. The molecule has 0 rings (SSSR count). The van der Waals surface area contributed by atoms with Crippen LogP contribution in [0.2, 0.25) is 0 Å². The summed E-state index contributed by atoms with van der Waals surface area (Å²) in [5, 5.41) is 23.3. The maximum absolute atomic E-state index is 12.5. The molecule has 0 fully saturated rings. The topological polar surface area (TPSA) is 95.9 Å². The number of amides is 1. The largest absolute Gasteiger partial charge is 0.466 e. The minimum Gasteiger partial charge on any atom is -0.466 e. The third kappa shape index (κ3) is 70.8. The van der Waals surface area contributed by atoms with Crippen molar-refractivity contribution in [3.8, 4) is 0 Å². The van der Waals surface area contributed by atoms with E-state index < -0.39 is 12.1 Å². The highest BCUT2D eigenvalue weighted by Crippen LogP contribution is 2.19. The highest BCUT2D eigenvalue weighted by Gasteiger charge is 2.18. The van der Waals surface area contributed by atoms with Crippen molar-refractivity contribution >= 4 is 11.9 Å². The molecular weight excluding hydrogens is 1040 g/mol. The van der Waals surface area contributed by atoms with Crippen molar-refractivity contribution in [3.63, 3.8) is 0 Å². The van der Waals surface area contributed by atoms with Gasteiger partial charge in [-0.3, -0.25) is 9.59 Å². The monoisotopic (exact) mass is 1190 g/mol. The summed E-state index contributed by atoms with van der Waals surface area (Å²) in [6.45, 7) is 4.93. The van der Waals surface area contributed by atoms with Crippen LogP contribution in [-0.2, 0) is 14.3 Å². The van der Waals surface area contributed by atoms with Crippen molar-refractivity contribution in [1.82, 2.24) is 5.32 Å². The number of nitrogens with one attached hydrogen (secondary N) is 1. The van der Waals surface area contributed by atoms with Crippen LogP contribution in [0.15, 0.2) is 48.6 Å². The van der Waals surface area contributed by atoms with Crippen molar-refractivity contribution in [2.45, 2.75) is 431 Å². The van der Waals surface area contributed by atoms with Crippen LogP contribution in [0.4, 0.5) is 0 Å². The summed E-state index contributed by atoms with van der Waals surface area (Å²) in [6, 6.07) is -0.628. The second-order valence-corrected chi connectivity index (χ2v) is 26.3. The maximum Gasteiger partial charge on any atom is 0.305 e. The summed E-state index contributed by atoms with van der Waals surface area (Å²) in [5.41, 5.74) is 0. The molecule has 0 radical (unpaired) electrons. The lowest BCUT2D eigenvalue weighted by atomic mass is 10.0. The first-order chi connectivity index (χ1) is 42.0. The molecule has 0 aliphatic heterocycles. The number of aliphatic hydroxyl groups is 2. The van der Waals surface area contributed by atoms with Gasteiger partial charge in [0.05, 0.1) is 25.4 Å². The first-order valence-corrected chi connectivity index (χ1v) is 38.4. The van der Waals surface area contributed by atoms with Crippen molar-refractivity contribution < 1.29 is 24.5 Å². The van der Waals surface area contributed by atoms with Gasteiger partial charge in [0.1, 0.15) is 0 Å². The number of allylic oxidation sites excluding steroid dienone is 7. The molecule has 0 aliphatic carbocycles. The van der Waals surface area contributed by atoms with Gasteiger partial charge in [0, 0.05) is 12.8 Å². The molecular formula is C79H149NO5. The van der Waals surface area contributed by atoms with Crippen LogP contribution in [0.1, 0.15) is 418 Å². The minimum absolute atomic E-state index is 0.00635. The predicted molar refractivity (Wildman–Crippen MR) is 375 cm³/mol. The maximum atomic E-state index is 12.5. The van der Waals surface area contributed by atoms with E-state index in [-0.39, 0.29) is 18.5 Å². The van der Waals surface area contributed by atoms with Crippen LogP contribution in [0, 0.1) is 0 Å². The predicted octanol–water partition coefficient (Wildman–Crippen LogP) is 25.2. The minimum atomic E-state index is -0.845. The van der Waals surface area contributed by atoms with Crippen LogP contribution in [0.3, 0.4) is 0 Å². The van der Waals surface area contributed by atoms with Crippen LogP contribution >= 0.6 is 0 Å². The Morgan fingerprint density at radius 1 is 0.329 bits per heavy atom. The summed E-state index contributed by atoms with van der Waals surface area (Å²) >= 11 is 0. The number of aliphatic hydroxyl groups excluding tert-OH is 2. The average Bonchev–Trinajstić information content (AvgIpc) is 3.51. The summed E-state index contributed by atoms with van der Waals surface area (Å²) in [5.74, 6) is -0.0561. The lowest BCUT2D eigenvalue weighted by molar-refractivity contribution is -0.143. The molecule has 1 amide bonds. The molecule has 85 heavy (non-hydrogen) atoms. The number of hydrogen-bond donors (Lipinski definition) is 3. The zero-order valence-corrected chi connectivity index (χ0v) is 57.4. The van der Waals surface area contributed by atoms with Gasteiger partial charge in [-0.25, -0.2) is 0 Å². The number of ether oxygens (including phenoxy) is 1. The van der Waals surface area contributed by atoms with E-state index >= 15 is 0 Å². The van der Waals surface area contributed by atoms with Crippen LogP contribution in [-0.4, -0.2) is 47.4 Å². The average molecular weight is 1190 g/mol. The van der Waals surface area contributed by atoms with Gasteiger partial charge in [-0.15, -0.1) is 0 Å². The molecule has 0 aromatic carbocycles. The van der Waals surface area contributed by atoms with E-state index in [1.807, 2.05) is 6.08 Å². The molecule has 0 bridgehead atoms. The summed E-state index contributed by atoms with van der Waals surface area (Å²) < 4.78 is 5.49. The normalized spacial score (nSPS) is 12.8. The molecule has 0 saturated carbocycles. The Hall–Kier alpha value is -2.18. The number of rotatable bonds is 72. The number of carbonyl (C=O) groups excluding carboxylic acids is 2. The molecule has 0 aromatic heterocycles. The Morgan fingerprint density at radius 3 is 0.906 bits per heavy atom. The summed E-state index contributed by atoms with van der Waals surface area (Å²) in [7, 11) is 0. The Labute approximate surface area is 531 Å². The van der Waals surface area contributed by atoms with Gasteiger partial charge >= 0.3 is 5.97 Å². The van der Waals surface area contributed by atoms with E-state index in [1.165, 1.54) is 340 Å². The van der Waals surface area contributed by atoms with Crippen LogP contribution in [0.25, 0.3) is 0 Å². The molecule has 3 N–H and O–H groups in total. The van der Waals surface area contributed by atoms with E-state index in [0.29, 0.717) is 19.4 Å². The molecule has 6 nitrogen and oxygen atoms in total. The Bertz CT molecular complexity index is 1420. The van der Waals surface area contributed by atoms with Crippen molar-refractivity contribution in [1.29, 1.82) is 0 Å². The fourth-order valence-corrected chi connectivity index (χ4v) is 12.0. The number of unbranched alkanes of at least 4 members (excludes halogenated alkanes) is 55. The standard InChI is InChI=1S/C79H149NO5/c1-3-5-7-9-11-13-15-17-19-20-21-37-40-44-47-51-55-59-63-67-71-77(82)76(75-81)80-78(83)72-68-64-60-56-52-48-45-41-38-35-33-31-29-27-25-23-22-24-26-28-30-32-34-36-39-42-46-50-54-58-62-66-70-74-85-79(84)73-69-65-61-57-53-49-43-18-16-14-12-10-8-6-4-2/h18,26,28,32,34,43,67,71,76-77,81-82H,3-17,19-25,27,29-31,33,35-42,44-66,68-70,72-75H2,1-2H3,(H,80,83)/b28-26-,34-32-,43-18-,71-67+. The van der Waals surface area contributed by atoms with Gasteiger partial charge in [0.2, 0.25) is 5.91 Å². The highest BCUT2D eigenvalue weighted by atomic mass is 16.5. The van der Waals surface area contributed by atoms with Gasteiger partial charge in [-0.1, -0.05) is 364 Å². The van der Waals surface area contributed by atoms with Crippen molar-refractivity contribution in [3.05, 3.63) is 48.6 Å². The second kappa shape index (κ2) is 74.3. The summed E-state index contributed by atoms with van der Waals surface area (Å²) in [4.78, 5) is 24.6. The van der Waals surface area contributed by atoms with Crippen LogP contribution in [0.5, 0.6) is 0 Å². The van der Waals surface area contributed by atoms with E-state index in [9.17, 15) is 19.8 Å². The van der Waals surface area contributed by atoms with Gasteiger partial charge in [-0.05, 0) is 89.9 Å². The highest BCUT2D eigenvalue weighted by molar-refractivity contribution is 5.76. The third-order valence-corrected chi connectivity index (χ3v) is 17.8. The lowest BCUT2D eigenvalue weighted by Crippen LogP contribution is -2.45. The molecule has 0 aliphatic rings. The Morgan fingerprint density at radius 2 is 0.588 bits per heavy atom. The van der Waals surface area contributed by atoms with Crippen molar-refractivity contribution in [2.24, 2.45) is 0 Å². The Kier molecular flexibility index (Phi) is 72.4. The number of esters is 1. The molecule has 500 valence electrons.